The van der Waals surface area contributed by atoms with E-state index in [9.17, 15) is 22.0 Å². The van der Waals surface area contributed by atoms with Crippen LogP contribution in [0.15, 0.2) is 77.0 Å². The van der Waals surface area contributed by atoms with Gasteiger partial charge in [-0.3, -0.25) is 4.79 Å². The van der Waals surface area contributed by atoms with E-state index in [-0.39, 0.29) is 23.3 Å². The molecule has 0 aliphatic rings. The number of nitrogens with zero attached hydrogens (tertiary/aromatic N) is 5. The number of halogens is 2. The van der Waals surface area contributed by atoms with Crippen LogP contribution >= 0.6 is 0 Å². The maximum absolute atomic E-state index is 14.8. The van der Waals surface area contributed by atoms with Crippen molar-refractivity contribution in [2.75, 3.05) is 11.1 Å². The zero-order chi connectivity index (χ0) is 24.3. The normalized spacial score (nSPS) is 11.2. The summed E-state index contributed by atoms with van der Waals surface area (Å²) in [6, 6.07) is 12.8. The number of rotatable bonds is 7. The number of fused-ring (bicyclic) bond motifs is 1. The van der Waals surface area contributed by atoms with Gasteiger partial charge in [-0.2, -0.15) is 0 Å². The van der Waals surface area contributed by atoms with Crippen LogP contribution in [0.1, 0.15) is 5.56 Å². The Morgan fingerprint density at radius 2 is 1.97 bits per heavy atom. The predicted molar refractivity (Wildman–Crippen MR) is 121 cm³/mol. The number of hydrogen-bond acceptors (Lipinski definition) is 5. The molecule has 0 radical (unpaired) electrons. The molecule has 4 aromatic rings. The number of anilines is 1. The van der Waals surface area contributed by atoms with Gasteiger partial charge in [0.05, 0.1) is 15.8 Å². The highest BCUT2D eigenvalue weighted by Gasteiger charge is 2.27. The molecule has 1 amide bonds. The molecule has 9 nitrogen and oxygen atoms in total. The number of aromatic nitrogens is 2. The molecule has 12 heteroatoms. The summed E-state index contributed by atoms with van der Waals surface area (Å²) in [5.74, 6) is -3.61. The Morgan fingerprint density at radius 3 is 2.71 bits per heavy atom. The first-order chi connectivity index (χ1) is 16.3. The van der Waals surface area contributed by atoms with Gasteiger partial charge in [0.25, 0.3) is 0 Å². The molecular weight excluding hydrogens is 466 g/mol. The van der Waals surface area contributed by atoms with Gasteiger partial charge in [-0.1, -0.05) is 29.4 Å². The number of carbonyl (C=O) groups is 1. The Kier molecular flexibility index (Phi) is 6.26. The summed E-state index contributed by atoms with van der Waals surface area (Å²) >= 11 is 0. The van der Waals surface area contributed by atoms with E-state index in [0.29, 0.717) is 17.3 Å². The van der Waals surface area contributed by atoms with Crippen molar-refractivity contribution in [2.45, 2.75) is 11.4 Å². The minimum atomic E-state index is -4.32. The van der Waals surface area contributed by atoms with Gasteiger partial charge in [-0.25, -0.2) is 22.2 Å². The molecule has 2 aromatic carbocycles. The quantitative estimate of drug-likeness (QED) is 0.232. The molecule has 0 bridgehead atoms. The van der Waals surface area contributed by atoms with Crippen LogP contribution in [0, 0.1) is 11.6 Å². The Hall–Kier alpha value is -4.28. The number of carbonyl (C=O) groups excluding carboxylic acids is 1. The second-order valence-corrected chi connectivity index (χ2v) is 9.24. The van der Waals surface area contributed by atoms with Gasteiger partial charge in [-0.05, 0) is 35.4 Å². The number of hydrogen-bond donors (Lipinski definition) is 1. The third-order valence-corrected chi connectivity index (χ3v) is 6.50. The fourth-order valence-corrected chi connectivity index (χ4v) is 4.88. The van der Waals surface area contributed by atoms with Crippen LogP contribution in [0.3, 0.4) is 0 Å². The Bertz CT molecular complexity index is 1550. The van der Waals surface area contributed by atoms with Crippen molar-refractivity contribution in [1.29, 1.82) is 0 Å². The fraction of sp³-hybridized carbons (Fsp3) is 0.0909. The number of amides is 1. The smallest absolute Gasteiger partial charge is 0.241 e. The minimum Gasteiger partial charge on any atom is -0.342 e. The average Bonchev–Trinajstić information content (AvgIpc) is 3.14. The van der Waals surface area contributed by atoms with Crippen molar-refractivity contribution in [3.63, 3.8) is 0 Å². The molecule has 172 valence electrons. The molecule has 34 heavy (non-hydrogen) atoms. The summed E-state index contributed by atoms with van der Waals surface area (Å²) in [6.45, 7) is 0.0316. The molecule has 2 aromatic heterocycles. The third-order valence-electron chi connectivity index (χ3n) is 4.88. The molecule has 0 saturated heterocycles. The molecule has 0 unspecified atom stereocenters. The van der Waals surface area contributed by atoms with Gasteiger partial charge in [0.15, 0.2) is 9.84 Å². The lowest BCUT2D eigenvalue weighted by atomic mass is 10.2. The van der Waals surface area contributed by atoms with E-state index in [1.807, 2.05) is 0 Å². The van der Waals surface area contributed by atoms with E-state index in [0.717, 1.165) is 12.3 Å². The van der Waals surface area contributed by atoms with E-state index in [2.05, 4.69) is 20.3 Å². The molecule has 0 spiro atoms. The highest BCUT2D eigenvalue weighted by Crippen LogP contribution is 2.31. The van der Waals surface area contributed by atoms with Gasteiger partial charge in [-0.15, -0.1) is 0 Å². The Labute approximate surface area is 192 Å². The number of nitrogens with one attached hydrogen (secondary N) is 1. The first-order valence-electron chi connectivity index (χ1n) is 9.82. The lowest BCUT2D eigenvalue weighted by Crippen LogP contribution is -2.23. The molecule has 0 atom stereocenters. The summed E-state index contributed by atoms with van der Waals surface area (Å²) in [5.41, 5.74) is 9.55. The average molecular weight is 482 g/mol. The molecule has 4 rings (SSSR count). The molecule has 0 aliphatic heterocycles. The Balaban J connectivity index is 1.73. The van der Waals surface area contributed by atoms with Crippen molar-refractivity contribution in [1.82, 2.24) is 9.55 Å². The van der Waals surface area contributed by atoms with E-state index in [4.69, 9.17) is 5.53 Å². The second kappa shape index (κ2) is 9.30. The van der Waals surface area contributed by atoms with Gasteiger partial charge in [0.2, 0.25) is 5.91 Å². The number of azide groups is 1. The van der Waals surface area contributed by atoms with E-state index < -0.39 is 38.0 Å². The molecule has 0 aliphatic carbocycles. The monoisotopic (exact) mass is 482 g/mol. The van der Waals surface area contributed by atoms with Crippen LogP contribution < -0.4 is 5.32 Å². The van der Waals surface area contributed by atoms with Crippen molar-refractivity contribution in [2.24, 2.45) is 5.11 Å². The topological polar surface area (TPSA) is 130 Å². The van der Waals surface area contributed by atoms with E-state index in [1.165, 1.54) is 16.8 Å². The first kappa shape index (κ1) is 22.9. The van der Waals surface area contributed by atoms with E-state index >= 15 is 0 Å². The van der Waals surface area contributed by atoms with Crippen molar-refractivity contribution < 1.29 is 22.0 Å². The van der Waals surface area contributed by atoms with Gasteiger partial charge >= 0.3 is 0 Å². The lowest BCUT2D eigenvalue weighted by molar-refractivity contribution is -0.113. The van der Waals surface area contributed by atoms with Crippen LogP contribution in [-0.4, -0.2) is 29.6 Å². The summed E-state index contributed by atoms with van der Waals surface area (Å²) in [5, 5.41) is 5.57. The van der Waals surface area contributed by atoms with E-state index in [1.54, 1.807) is 36.4 Å². The maximum atomic E-state index is 14.8. The second-order valence-electron chi connectivity index (χ2n) is 7.28. The number of benzene rings is 2. The van der Waals surface area contributed by atoms with Crippen LogP contribution in [0.2, 0.25) is 0 Å². The minimum absolute atomic E-state index is 0.00426. The summed E-state index contributed by atoms with van der Waals surface area (Å²) < 4.78 is 56.3. The van der Waals surface area contributed by atoms with Crippen molar-refractivity contribution >= 4 is 38.2 Å². The third kappa shape index (κ3) is 4.87. The van der Waals surface area contributed by atoms with Gasteiger partial charge in [0, 0.05) is 35.6 Å². The molecule has 0 saturated carbocycles. The number of pyridine rings is 1. The first-order valence-corrected chi connectivity index (χ1v) is 11.5. The molecule has 2 heterocycles. The van der Waals surface area contributed by atoms with Crippen LogP contribution in [0.4, 0.5) is 20.3 Å². The Morgan fingerprint density at radius 1 is 1.15 bits per heavy atom. The zero-order valence-electron chi connectivity index (χ0n) is 17.4. The van der Waals surface area contributed by atoms with Crippen molar-refractivity contribution in [3.05, 3.63) is 94.6 Å². The van der Waals surface area contributed by atoms with Gasteiger partial charge in [0.1, 0.15) is 23.2 Å². The lowest BCUT2D eigenvalue weighted by Gasteiger charge is -2.06. The summed E-state index contributed by atoms with van der Waals surface area (Å²) in [6.07, 6.45) is 2.59. The van der Waals surface area contributed by atoms with Crippen molar-refractivity contribution in [3.8, 4) is 0 Å². The van der Waals surface area contributed by atoms with Crippen LogP contribution in [-0.2, 0) is 21.2 Å². The standard InChI is InChI=1S/C22H16F2N6O3S/c23-15-9-17(24)22-18(10-15)30(11-14-4-3-5-16(8-14)28-29-25)12-19(22)34(32,33)13-21(31)27-20-6-1-2-7-26-20/h1-10,12H,11,13H2,(H,26,27,31). The SMILES string of the molecule is [N-]=[N+]=Nc1cccc(Cn2cc(S(=O)(=O)CC(=O)Nc3ccccn3)c3c(F)cc(F)cc32)c1. The zero-order valence-corrected chi connectivity index (χ0v) is 18.2. The summed E-state index contributed by atoms with van der Waals surface area (Å²) in [7, 11) is -4.32. The van der Waals surface area contributed by atoms with Crippen LogP contribution in [0.5, 0.6) is 0 Å². The predicted octanol–water partition coefficient (Wildman–Crippen LogP) is 4.72. The highest BCUT2D eigenvalue weighted by molar-refractivity contribution is 7.92. The molecule has 1 N–H and O–H groups in total. The number of sulfone groups is 1. The fourth-order valence-electron chi connectivity index (χ4n) is 3.50. The maximum Gasteiger partial charge on any atom is 0.241 e. The van der Waals surface area contributed by atoms with Gasteiger partial charge < -0.3 is 9.88 Å². The summed E-state index contributed by atoms with van der Waals surface area (Å²) in [4.78, 5) is 18.5. The van der Waals surface area contributed by atoms with Crippen LogP contribution in [0.25, 0.3) is 21.3 Å². The molecule has 0 fully saturated rings. The molecular formula is C22H16F2N6O3S. The highest BCUT2D eigenvalue weighted by atomic mass is 32.2. The largest absolute Gasteiger partial charge is 0.342 e.